The summed E-state index contributed by atoms with van der Waals surface area (Å²) in [6, 6.07) is 5.12. The highest BCUT2D eigenvalue weighted by atomic mass is 32.1. The molecule has 0 radical (unpaired) electrons. The second kappa shape index (κ2) is 7.24. The minimum absolute atomic E-state index is 0.0480. The second-order valence-corrected chi connectivity index (χ2v) is 7.86. The number of nitrogens with zero attached hydrogens (tertiary/aromatic N) is 5. The summed E-state index contributed by atoms with van der Waals surface area (Å²) in [5, 5.41) is 10.6. The van der Waals surface area contributed by atoms with E-state index >= 15 is 0 Å². The van der Waals surface area contributed by atoms with E-state index < -0.39 is 12.2 Å². The number of nitrogens with two attached hydrogens (primary N) is 1. The van der Waals surface area contributed by atoms with Crippen LogP contribution in [0.4, 0.5) is 4.39 Å². The van der Waals surface area contributed by atoms with Gasteiger partial charge in [0.15, 0.2) is 5.01 Å². The van der Waals surface area contributed by atoms with Gasteiger partial charge in [0.05, 0.1) is 24.2 Å². The maximum Gasteiger partial charge on any atom is 0.228 e. The monoisotopic (exact) mass is 386 g/mol. The summed E-state index contributed by atoms with van der Waals surface area (Å²) >= 11 is 1.48. The van der Waals surface area contributed by atoms with Crippen LogP contribution in [0.5, 0.6) is 0 Å². The van der Waals surface area contributed by atoms with Crippen LogP contribution in [0, 0.1) is 6.92 Å². The molecule has 1 fully saturated rings. The topological polar surface area (TPSA) is 97.9 Å². The lowest BCUT2D eigenvalue weighted by molar-refractivity contribution is -0.132. The Morgan fingerprint density at radius 2 is 2.26 bits per heavy atom. The lowest BCUT2D eigenvalue weighted by Gasteiger charge is -2.32. The average molecular weight is 386 g/mol. The number of amides is 1. The number of alkyl halides is 1. The molecule has 0 spiro atoms. The van der Waals surface area contributed by atoms with Crippen molar-refractivity contribution >= 4 is 28.1 Å². The minimum atomic E-state index is -1.17. The van der Waals surface area contributed by atoms with Crippen LogP contribution < -0.4 is 5.73 Å². The van der Waals surface area contributed by atoms with Gasteiger partial charge in [0.25, 0.3) is 0 Å². The van der Waals surface area contributed by atoms with E-state index in [1.807, 2.05) is 19.1 Å². The fraction of sp³-hybridized carbons (Fsp3) is 0.389. The first-order valence-electron chi connectivity index (χ1n) is 8.73. The molecule has 9 heteroatoms. The van der Waals surface area contributed by atoms with Gasteiger partial charge >= 0.3 is 0 Å². The number of fused-ring (bicyclic) bond motifs is 1. The molecule has 27 heavy (non-hydrogen) atoms. The van der Waals surface area contributed by atoms with E-state index in [4.69, 9.17) is 5.73 Å². The summed E-state index contributed by atoms with van der Waals surface area (Å²) in [7, 11) is 0. The first-order chi connectivity index (χ1) is 13.0. The molecule has 0 aromatic carbocycles. The molecule has 0 unspecified atom stereocenters. The summed E-state index contributed by atoms with van der Waals surface area (Å²) < 4.78 is 13.8. The van der Waals surface area contributed by atoms with E-state index in [2.05, 4.69) is 20.2 Å². The zero-order chi connectivity index (χ0) is 19.0. The molecular formula is C18H19FN6OS. The highest BCUT2D eigenvalue weighted by Crippen LogP contribution is 2.24. The van der Waals surface area contributed by atoms with Crippen LogP contribution in [-0.4, -0.2) is 56.3 Å². The van der Waals surface area contributed by atoms with Crippen molar-refractivity contribution in [2.24, 2.45) is 5.73 Å². The molecule has 0 saturated carbocycles. The fourth-order valence-corrected chi connectivity index (χ4v) is 3.75. The predicted octanol–water partition coefficient (Wildman–Crippen LogP) is 1.90. The van der Waals surface area contributed by atoms with Crippen molar-refractivity contribution in [2.75, 3.05) is 13.1 Å². The quantitative estimate of drug-likeness (QED) is 0.738. The smallest absolute Gasteiger partial charge is 0.228 e. The molecule has 1 saturated heterocycles. The zero-order valence-electron chi connectivity index (χ0n) is 14.8. The standard InChI is InChI=1S/C18H19FN6OS/c1-10-23-24-18(27-10)15-3-2-11-8-21-12(6-16(11)22-15)7-17(26)25-5-4-14(20)13(19)9-25/h2-3,6,8,13-14H,4-5,7,9,20H2,1H3/t13-,14+/m1/s1. The first-order valence-corrected chi connectivity index (χ1v) is 9.55. The molecule has 3 aromatic rings. The third-order valence-corrected chi connectivity index (χ3v) is 5.51. The number of carbonyl (C=O) groups excluding carboxylic acids is 1. The van der Waals surface area contributed by atoms with Crippen LogP contribution in [0.25, 0.3) is 21.6 Å². The van der Waals surface area contributed by atoms with Gasteiger partial charge in [-0.3, -0.25) is 9.78 Å². The van der Waals surface area contributed by atoms with Gasteiger partial charge in [-0.1, -0.05) is 11.3 Å². The number of carbonyl (C=O) groups is 1. The number of pyridine rings is 2. The maximum atomic E-state index is 13.8. The first kappa shape index (κ1) is 17.9. The molecule has 1 aliphatic rings. The van der Waals surface area contributed by atoms with Gasteiger partial charge < -0.3 is 10.6 Å². The largest absolute Gasteiger partial charge is 0.339 e. The molecule has 0 bridgehead atoms. The Kier molecular flexibility index (Phi) is 4.79. The van der Waals surface area contributed by atoms with Crippen LogP contribution in [0.3, 0.4) is 0 Å². The second-order valence-electron chi connectivity index (χ2n) is 6.68. The van der Waals surface area contributed by atoms with Gasteiger partial charge in [-0.05, 0) is 31.5 Å². The molecule has 0 aliphatic carbocycles. The Labute approximate surface area is 159 Å². The number of piperidine rings is 1. The van der Waals surface area contributed by atoms with Crippen molar-refractivity contribution in [3.05, 3.63) is 35.1 Å². The summed E-state index contributed by atoms with van der Waals surface area (Å²) in [6.45, 7) is 2.42. The van der Waals surface area contributed by atoms with Crippen LogP contribution in [0.2, 0.25) is 0 Å². The molecule has 2 atom stereocenters. The van der Waals surface area contributed by atoms with Gasteiger partial charge in [-0.15, -0.1) is 10.2 Å². The molecular weight excluding hydrogens is 367 g/mol. The van der Waals surface area contributed by atoms with Crippen LogP contribution in [0.15, 0.2) is 24.4 Å². The average Bonchev–Trinajstić information content (AvgIpc) is 3.09. The highest BCUT2D eigenvalue weighted by molar-refractivity contribution is 7.14. The molecule has 140 valence electrons. The van der Waals surface area contributed by atoms with E-state index in [-0.39, 0.29) is 18.9 Å². The molecule has 1 aliphatic heterocycles. The number of halogens is 1. The molecule has 3 aromatic heterocycles. The fourth-order valence-electron chi connectivity index (χ4n) is 3.09. The normalized spacial score (nSPS) is 20.2. The Bertz CT molecular complexity index is 993. The maximum absolute atomic E-state index is 13.8. The van der Waals surface area contributed by atoms with Crippen LogP contribution in [-0.2, 0) is 11.2 Å². The van der Waals surface area contributed by atoms with E-state index in [0.29, 0.717) is 18.7 Å². The van der Waals surface area contributed by atoms with Crippen molar-refractivity contribution in [3.63, 3.8) is 0 Å². The van der Waals surface area contributed by atoms with Crippen molar-refractivity contribution in [1.82, 2.24) is 25.1 Å². The van der Waals surface area contributed by atoms with Crippen molar-refractivity contribution in [3.8, 4) is 10.7 Å². The molecule has 2 N–H and O–H groups in total. The van der Waals surface area contributed by atoms with E-state index in [1.165, 1.54) is 16.2 Å². The Balaban J connectivity index is 1.54. The van der Waals surface area contributed by atoms with E-state index in [0.717, 1.165) is 26.6 Å². The predicted molar refractivity (Wildman–Crippen MR) is 101 cm³/mol. The summed E-state index contributed by atoms with van der Waals surface area (Å²) in [6.07, 6.45) is 1.11. The van der Waals surface area contributed by atoms with E-state index in [9.17, 15) is 9.18 Å². The summed E-state index contributed by atoms with van der Waals surface area (Å²) in [5.74, 6) is -0.146. The van der Waals surface area contributed by atoms with Gasteiger partial charge in [0, 0.05) is 24.2 Å². The molecule has 4 heterocycles. The van der Waals surface area contributed by atoms with Gasteiger partial charge in [-0.2, -0.15) is 0 Å². The third kappa shape index (κ3) is 3.79. The summed E-state index contributed by atoms with van der Waals surface area (Å²) in [4.78, 5) is 23.0. The van der Waals surface area contributed by atoms with Crippen molar-refractivity contribution in [2.45, 2.75) is 32.0 Å². The molecule has 7 nitrogen and oxygen atoms in total. The third-order valence-electron chi connectivity index (χ3n) is 4.65. The molecule has 1 amide bonds. The van der Waals surface area contributed by atoms with Crippen molar-refractivity contribution < 1.29 is 9.18 Å². The number of hydrogen-bond donors (Lipinski definition) is 1. The number of rotatable bonds is 3. The summed E-state index contributed by atoms with van der Waals surface area (Å²) in [5.41, 5.74) is 7.76. The van der Waals surface area contributed by atoms with Crippen LogP contribution >= 0.6 is 11.3 Å². The lowest BCUT2D eigenvalue weighted by atomic mass is 10.0. The Morgan fingerprint density at radius 3 is 3.00 bits per heavy atom. The number of likely N-dealkylation sites (tertiary alicyclic amines) is 1. The number of hydrogen-bond acceptors (Lipinski definition) is 7. The van der Waals surface area contributed by atoms with Crippen molar-refractivity contribution in [1.29, 1.82) is 0 Å². The lowest BCUT2D eigenvalue weighted by Crippen LogP contribution is -2.50. The van der Waals surface area contributed by atoms with E-state index in [1.54, 1.807) is 12.3 Å². The Morgan fingerprint density at radius 1 is 1.41 bits per heavy atom. The Hall–Kier alpha value is -2.52. The minimum Gasteiger partial charge on any atom is -0.339 e. The van der Waals surface area contributed by atoms with Crippen LogP contribution in [0.1, 0.15) is 17.1 Å². The zero-order valence-corrected chi connectivity index (χ0v) is 15.6. The van der Waals surface area contributed by atoms with Gasteiger partial charge in [0.2, 0.25) is 5.91 Å². The van der Waals surface area contributed by atoms with Gasteiger partial charge in [0.1, 0.15) is 16.9 Å². The van der Waals surface area contributed by atoms with Gasteiger partial charge in [-0.25, -0.2) is 9.37 Å². The molecule has 4 rings (SSSR count). The number of aromatic nitrogens is 4. The SMILES string of the molecule is Cc1nnc(-c2ccc3cnc(CC(=O)N4CC[C@H](N)[C@H](F)C4)cc3n2)s1. The highest BCUT2D eigenvalue weighted by Gasteiger charge is 2.29. The number of aryl methyl sites for hydroxylation is 1.